The molecule has 1 N–H and O–H groups in total. The number of nitrogens with one attached hydrogen (secondary N) is 1. The number of para-hydroxylation sites is 1. The van der Waals surface area contributed by atoms with Gasteiger partial charge in [-0.2, -0.15) is 0 Å². The zero-order chi connectivity index (χ0) is 16.6. The summed E-state index contributed by atoms with van der Waals surface area (Å²) in [6, 6.07) is 13.1. The number of fused-ring (bicyclic) bond motifs is 1. The molecule has 4 nitrogen and oxygen atoms in total. The zero-order valence-electron chi connectivity index (χ0n) is 13.7. The molecule has 1 aliphatic heterocycles. The summed E-state index contributed by atoms with van der Waals surface area (Å²) < 4.78 is 28.0. The van der Waals surface area contributed by atoms with Crippen molar-refractivity contribution in [1.29, 1.82) is 0 Å². The number of sulfonamides is 1. The van der Waals surface area contributed by atoms with Crippen molar-refractivity contribution in [2.24, 2.45) is 0 Å². The Morgan fingerprint density at radius 2 is 1.83 bits per heavy atom. The van der Waals surface area contributed by atoms with Crippen LogP contribution in [0.5, 0.6) is 0 Å². The van der Waals surface area contributed by atoms with E-state index >= 15 is 0 Å². The summed E-state index contributed by atoms with van der Waals surface area (Å²) >= 11 is 0. The summed E-state index contributed by atoms with van der Waals surface area (Å²) in [5.74, 6) is 0. The van der Waals surface area contributed by atoms with Gasteiger partial charge in [0.25, 0.3) is 10.0 Å². The third-order valence-corrected chi connectivity index (χ3v) is 6.18. The van der Waals surface area contributed by atoms with E-state index in [4.69, 9.17) is 0 Å². The Morgan fingerprint density at radius 1 is 1.09 bits per heavy atom. The molecule has 5 heteroatoms. The summed E-state index contributed by atoms with van der Waals surface area (Å²) in [4.78, 5) is 0.351. The molecule has 1 unspecified atom stereocenters. The van der Waals surface area contributed by atoms with Gasteiger partial charge in [-0.1, -0.05) is 24.3 Å². The Hall–Kier alpha value is -1.85. The van der Waals surface area contributed by atoms with Crippen LogP contribution in [0.25, 0.3) is 0 Å². The first kappa shape index (κ1) is 16.0. The molecule has 3 rings (SSSR count). The van der Waals surface area contributed by atoms with Gasteiger partial charge in [-0.25, -0.2) is 8.42 Å². The van der Waals surface area contributed by atoms with Crippen molar-refractivity contribution in [3.63, 3.8) is 0 Å². The van der Waals surface area contributed by atoms with Crippen molar-refractivity contribution < 1.29 is 8.42 Å². The lowest BCUT2D eigenvalue weighted by molar-refractivity contribution is 0.556. The van der Waals surface area contributed by atoms with Crippen molar-refractivity contribution in [1.82, 2.24) is 5.32 Å². The van der Waals surface area contributed by atoms with Crippen LogP contribution in [0.3, 0.4) is 0 Å². The summed E-state index contributed by atoms with van der Waals surface area (Å²) in [5.41, 5.74) is 3.85. The van der Waals surface area contributed by atoms with Crippen molar-refractivity contribution in [2.45, 2.75) is 38.3 Å². The summed E-state index contributed by atoms with van der Waals surface area (Å²) in [6.07, 6.45) is 0. The maximum Gasteiger partial charge on any atom is 0.264 e. The smallest absolute Gasteiger partial charge is 0.264 e. The van der Waals surface area contributed by atoms with E-state index in [1.807, 2.05) is 51.1 Å². The van der Waals surface area contributed by atoms with Crippen LogP contribution in [0.2, 0.25) is 0 Å². The lowest BCUT2D eigenvalue weighted by Crippen LogP contribution is -2.39. The molecule has 0 radical (unpaired) electrons. The highest BCUT2D eigenvalue weighted by Crippen LogP contribution is 2.29. The van der Waals surface area contributed by atoms with Crippen LogP contribution in [-0.4, -0.2) is 21.0 Å². The van der Waals surface area contributed by atoms with Crippen molar-refractivity contribution in [2.75, 3.05) is 10.8 Å². The lowest BCUT2D eigenvalue weighted by Gasteiger charge is -2.26. The fourth-order valence-electron chi connectivity index (χ4n) is 2.83. The maximum atomic E-state index is 13.2. The molecule has 2 aromatic carbocycles. The molecular weight excluding hydrogens is 308 g/mol. The highest BCUT2D eigenvalue weighted by atomic mass is 32.2. The van der Waals surface area contributed by atoms with Crippen molar-refractivity contribution in [3.8, 4) is 0 Å². The highest BCUT2D eigenvalue weighted by Gasteiger charge is 2.30. The van der Waals surface area contributed by atoms with Gasteiger partial charge in [-0.05, 0) is 55.7 Å². The topological polar surface area (TPSA) is 49.4 Å². The number of rotatable bonds is 2. The maximum absolute atomic E-state index is 13.2. The predicted molar refractivity (Wildman–Crippen MR) is 93.2 cm³/mol. The molecule has 0 amide bonds. The lowest BCUT2D eigenvalue weighted by atomic mass is 10.1. The molecule has 0 bridgehead atoms. The van der Waals surface area contributed by atoms with Gasteiger partial charge >= 0.3 is 0 Å². The van der Waals surface area contributed by atoms with Crippen LogP contribution >= 0.6 is 0 Å². The second-order valence-electron chi connectivity index (χ2n) is 6.19. The fourth-order valence-corrected chi connectivity index (χ4v) is 4.51. The van der Waals surface area contributed by atoms with E-state index in [2.05, 4.69) is 5.32 Å². The largest absolute Gasteiger partial charge is 0.308 e. The molecule has 0 saturated heterocycles. The Balaban J connectivity index is 2.12. The molecule has 0 saturated carbocycles. The van der Waals surface area contributed by atoms with E-state index in [1.165, 1.54) is 4.31 Å². The normalized spacial score (nSPS) is 18.4. The fraction of sp³-hybridized carbons (Fsp3) is 0.333. The summed E-state index contributed by atoms with van der Waals surface area (Å²) in [6.45, 7) is 7.03. The van der Waals surface area contributed by atoms with E-state index < -0.39 is 10.0 Å². The van der Waals surface area contributed by atoms with Crippen molar-refractivity contribution in [3.05, 3.63) is 59.2 Å². The van der Waals surface area contributed by atoms with Crippen molar-refractivity contribution >= 4 is 15.7 Å². The Labute approximate surface area is 138 Å². The third kappa shape index (κ3) is 2.99. The molecule has 23 heavy (non-hydrogen) atoms. The van der Waals surface area contributed by atoms with Crippen LogP contribution in [0.4, 0.5) is 5.69 Å². The predicted octanol–water partition coefficient (Wildman–Crippen LogP) is 2.99. The number of anilines is 1. The van der Waals surface area contributed by atoms with Crippen LogP contribution < -0.4 is 9.62 Å². The quantitative estimate of drug-likeness (QED) is 0.921. The number of aryl methyl sites for hydroxylation is 2. The minimum atomic E-state index is -3.58. The monoisotopic (exact) mass is 330 g/mol. The minimum absolute atomic E-state index is 0.0868. The Bertz CT molecular complexity index is 831. The molecule has 0 fully saturated rings. The Kier molecular flexibility index (Phi) is 4.17. The van der Waals surface area contributed by atoms with Gasteiger partial charge in [-0.3, -0.25) is 4.31 Å². The standard InChI is InChI=1S/C18H22N2O2S/c1-13-8-9-17(10-14(13)2)23(21,22)20-12-15(3)19-11-16-6-4-5-7-18(16)20/h4-10,15,19H,11-12H2,1-3H3. The second kappa shape index (κ2) is 5.98. The Morgan fingerprint density at radius 3 is 2.57 bits per heavy atom. The molecule has 0 spiro atoms. The van der Waals surface area contributed by atoms with Crippen LogP contribution in [-0.2, 0) is 16.6 Å². The van der Waals surface area contributed by atoms with Crippen LogP contribution in [0.15, 0.2) is 47.4 Å². The van der Waals surface area contributed by atoms with Gasteiger partial charge in [-0.15, -0.1) is 0 Å². The molecular formula is C18H22N2O2S. The molecule has 0 aromatic heterocycles. The molecule has 1 heterocycles. The second-order valence-corrected chi connectivity index (χ2v) is 8.06. The SMILES string of the molecule is Cc1ccc(S(=O)(=O)N2CC(C)NCc3ccccc32)cc1C. The average Bonchev–Trinajstić information content (AvgIpc) is 2.70. The number of hydrogen-bond donors (Lipinski definition) is 1. The van der Waals surface area contributed by atoms with E-state index in [-0.39, 0.29) is 6.04 Å². The first-order valence-corrected chi connectivity index (χ1v) is 9.25. The van der Waals surface area contributed by atoms with Crippen LogP contribution in [0.1, 0.15) is 23.6 Å². The van der Waals surface area contributed by atoms with E-state index in [9.17, 15) is 8.42 Å². The average molecular weight is 330 g/mol. The molecule has 2 aromatic rings. The first-order chi connectivity index (χ1) is 10.9. The molecule has 122 valence electrons. The minimum Gasteiger partial charge on any atom is -0.308 e. The van der Waals surface area contributed by atoms with Gasteiger partial charge in [0.2, 0.25) is 0 Å². The molecule has 1 aliphatic rings. The number of benzene rings is 2. The summed E-state index contributed by atoms with van der Waals surface area (Å²) in [5, 5.41) is 3.37. The van der Waals surface area contributed by atoms with Gasteiger partial charge in [0.15, 0.2) is 0 Å². The van der Waals surface area contributed by atoms with Gasteiger partial charge in [0.1, 0.15) is 0 Å². The summed E-state index contributed by atoms with van der Waals surface area (Å²) in [7, 11) is -3.58. The van der Waals surface area contributed by atoms with Gasteiger partial charge in [0, 0.05) is 19.1 Å². The first-order valence-electron chi connectivity index (χ1n) is 7.81. The van der Waals surface area contributed by atoms with Gasteiger partial charge in [0.05, 0.1) is 10.6 Å². The zero-order valence-corrected chi connectivity index (χ0v) is 14.5. The molecule has 1 atom stereocenters. The number of hydrogen-bond acceptors (Lipinski definition) is 3. The van der Waals surface area contributed by atoms with E-state index in [0.29, 0.717) is 18.0 Å². The van der Waals surface area contributed by atoms with Gasteiger partial charge < -0.3 is 5.32 Å². The van der Waals surface area contributed by atoms with E-state index in [1.54, 1.807) is 12.1 Å². The van der Waals surface area contributed by atoms with Crippen LogP contribution in [0, 0.1) is 13.8 Å². The van der Waals surface area contributed by atoms with E-state index in [0.717, 1.165) is 22.4 Å². The molecule has 0 aliphatic carbocycles. The highest BCUT2D eigenvalue weighted by molar-refractivity contribution is 7.92. The number of nitrogens with zero attached hydrogens (tertiary/aromatic N) is 1. The third-order valence-electron chi connectivity index (χ3n) is 4.41.